The lowest BCUT2D eigenvalue weighted by Crippen LogP contribution is -2.30. The van der Waals surface area contributed by atoms with Gasteiger partial charge in [-0.1, -0.05) is 31.5 Å². The number of aromatic nitrogens is 3. The lowest BCUT2D eigenvalue weighted by Gasteiger charge is -2.13. The molecular weight excluding hydrogens is 268 g/mol. The summed E-state index contributed by atoms with van der Waals surface area (Å²) in [7, 11) is 0. The van der Waals surface area contributed by atoms with E-state index in [1.54, 1.807) is 4.68 Å². The Morgan fingerprint density at radius 2 is 2.14 bits per heavy atom. The van der Waals surface area contributed by atoms with Gasteiger partial charge in [0.2, 0.25) is 5.82 Å². The van der Waals surface area contributed by atoms with E-state index in [2.05, 4.69) is 15.4 Å². The summed E-state index contributed by atoms with van der Waals surface area (Å²) in [4.78, 5) is 16.0. The fourth-order valence-corrected chi connectivity index (χ4v) is 2.02. The zero-order valence-electron chi connectivity index (χ0n) is 12.1. The van der Waals surface area contributed by atoms with Crippen LogP contribution < -0.4 is 5.32 Å². The van der Waals surface area contributed by atoms with E-state index in [1.165, 1.54) is 6.33 Å². The molecule has 1 unspecified atom stereocenters. The number of amides is 1. The zero-order valence-corrected chi connectivity index (χ0v) is 12.1. The second-order valence-corrected chi connectivity index (χ2v) is 4.84. The number of carbonyl (C=O) groups excluding carboxylic acids is 1. The van der Waals surface area contributed by atoms with Crippen molar-refractivity contribution in [2.24, 2.45) is 5.92 Å². The number of nitrogens with zero attached hydrogens (tertiary/aromatic N) is 3. The quantitative estimate of drug-likeness (QED) is 0.807. The number of aliphatic hydroxyl groups excluding tert-OH is 1. The Hall–Kier alpha value is -2.21. The fourth-order valence-electron chi connectivity index (χ4n) is 2.02. The van der Waals surface area contributed by atoms with Crippen LogP contribution in [0.2, 0.25) is 0 Å². The molecule has 112 valence electrons. The minimum Gasteiger partial charge on any atom is -0.396 e. The van der Waals surface area contributed by atoms with Gasteiger partial charge >= 0.3 is 0 Å². The maximum absolute atomic E-state index is 12.0. The highest BCUT2D eigenvalue weighted by atomic mass is 16.3. The summed E-state index contributed by atoms with van der Waals surface area (Å²) in [5.41, 5.74) is 0.857. The molecule has 0 saturated carbocycles. The Kier molecular flexibility index (Phi) is 5.45. The Morgan fingerprint density at radius 1 is 1.38 bits per heavy atom. The zero-order chi connectivity index (χ0) is 15.1. The molecule has 1 amide bonds. The van der Waals surface area contributed by atoms with Crippen LogP contribution in [0, 0.1) is 5.92 Å². The minimum absolute atomic E-state index is 0.134. The van der Waals surface area contributed by atoms with E-state index in [1.807, 2.05) is 37.3 Å². The molecule has 1 aromatic heterocycles. The van der Waals surface area contributed by atoms with Crippen molar-refractivity contribution in [1.82, 2.24) is 20.1 Å². The number of nitrogens with one attached hydrogen (secondary N) is 1. The topological polar surface area (TPSA) is 80.0 Å². The van der Waals surface area contributed by atoms with Crippen molar-refractivity contribution in [3.63, 3.8) is 0 Å². The van der Waals surface area contributed by atoms with Gasteiger partial charge in [-0.3, -0.25) is 4.79 Å². The molecule has 0 fully saturated rings. The van der Waals surface area contributed by atoms with Crippen LogP contribution in [0.15, 0.2) is 36.7 Å². The normalized spacial score (nSPS) is 12.1. The standard InChI is InChI=1S/C15H20N4O2/c1-2-12(8-9-20)10-16-15(21)14-17-11-19(18-14)13-6-4-3-5-7-13/h3-7,11-12,20H,2,8-10H2,1H3,(H,16,21). The lowest BCUT2D eigenvalue weighted by atomic mass is 10.0. The lowest BCUT2D eigenvalue weighted by molar-refractivity contribution is 0.0933. The molecule has 1 heterocycles. The summed E-state index contributed by atoms with van der Waals surface area (Å²) < 4.78 is 1.57. The van der Waals surface area contributed by atoms with Gasteiger partial charge in [-0.2, -0.15) is 0 Å². The van der Waals surface area contributed by atoms with E-state index in [4.69, 9.17) is 5.11 Å². The van der Waals surface area contributed by atoms with Gasteiger partial charge < -0.3 is 10.4 Å². The molecule has 0 bridgehead atoms. The molecule has 0 aliphatic rings. The van der Waals surface area contributed by atoms with E-state index in [0.717, 1.165) is 12.1 Å². The van der Waals surface area contributed by atoms with Crippen LogP contribution in [0.4, 0.5) is 0 Å². The highest BCUT2D eigenvalue weighted by Crippen LogP contribution is 2.07. The largest absolute Gasteiger partial charge is 0.396 e. The van der Waals surface area contributed by atoms with Gasteiger partial charge in [-0.25, -0.2) is 9.67 Å². The monoisotopic (exact) mass is 288 g/mol. The summed E-state index contributed by atoms with van der Waals surface area (Å²) >= 11 is 0. The fraction of sp³-hybridized carbons (Fsp3) is 0.400. The molecule has 2 aromatic rings. The first-order chi connectivity index (χ1) is 10.2. The van der Waals surface area contributed by atoms with Crippen molar-refractivity contribution in [2.45, 2.75) is 19.8 Å². The van der Waals surface area contributed by atoms with Crippen LogP contribution in [0.25, 0.3) is 5.69 Å². The molecule has 2 N–H and O–H groups in total. The van der Waals surface area contributed by atoms with Crippen LogP contribution in [0.3, 0.4) is 0 Å². The molecule has 6 heteroatoms. The maximum Gasteiger partial charge on any atom is 0.290 e. The predicted octanol–water partition coefficient (Wildman–Crippen LogP) is 1.41. The molecule has 2 rings (SSSR count). The van der Waals surface area contributed by atoms with Crippen molar-refractivity contribution >= 4 is 5.91 Å². The van der Waals surface area contributed by atoms with Gasteiger partial charge in [0.15, 0.2) is 0 Å². The molecule has 6 nitrogen and oxygen atoms in total. The second kappa shape index (κ2) is 7.54. The Bertz CT molecular complexity index is 568. The van der Waals surface area contributed by atoms with Gasteiger partial charge in [0.05, 0.1) is 5.69 Å². The minimum atomic E-state index is -0.291. The predicted molar refractivity (Wildman–Crippen MR) is 79.2 cm³/mol. The number of hydrogen-bond acceptors (Lipinski definition) is 4. The summed E-state index contributed by atoms with van der Waals surface area (Å²) in [6.07, 6.45) is 3.12. The first-order valence-corrected chi connectivity index (χ1v) is 7.10. The first kappa shape index (κ1) is 15.2. The number of hydrogen-bond donors (Lipinski definition) is 2. The average Bonchev–Trinajstić information content (AvgIpc) is 3.02. The Labute approximate surface area is 123 Å². The number of rotatable bonds is 7. The van der Waals surface area contributed by atoms with E-state index >= 15 is 0 Å². The second-order valence-electron chi connectivity index (χ2n) is 4.84. The number of carbonyl (C=O) groups is 1. The summed E-state index contributed by atoms with van der Waals surface area (Å²) in [6, 6.07) is 9.50. The van der Waals surface area contributed by atoms with Gasteiger partial charge in [0.25, 0.3) is 5.91 Å². The summed E-state index contributed by atoms with van der Waals surface area (Å²) in [5, 5.41) is 15.9. The van der Waals surface area contributed by atoms with Crippen LogP contribution >= 0.6 is 0 Å². The van der Waals surface area contributed by atoms with Crippen LogP contribution in [-0.2, 0) is 0 Å². The number of para-hydroxylation sites is 1. The van der Waals surface area contributed by atoms with Gasteiger partial charge in [-0.15, -0.1) is 5.10 Å². The van der Waals surface area contributed by atoms with E-state index in [0.29, 0.717) is 13.0 Å². The molecule has 0 spiro atoms. The molecule has 0 saturated heterocycles. The van der Waals surface area contributed by atoms with E-state index in [-0.39, 0.29) is 24.3 Å². The van der Waals surface area contributed by atoms with Crippen molar-refractivity contribution in [1.29, 1.82) is 0 Å². The Balaban J connectivity index is 1.96. The summed E-state index contributed by atoms with van der Waals surface area (Å²) in [6.45, 7) is 2.69. The third kappa shape index (κ3) is 4.13. The van der Waals surface area contributed by atoms with Gasteiger partial charge in [0.1, 0.15) is 6.33 Å². The molecular formula is C15H20N4O2. The molecule has 0 aliphatic heterocycles. The maximum atomic E-state index is 12.0. The van der Waals surface area contributed by atoms with Gasteiger partial charge in [0, 0.05) is 13.2 Å². The van der Waals surface area contributed by atoms with E-state index in [9.17, 15) is 4.79 Å². The third-order valence-electron chi connectivity index (χ3n) is 3.38. The van der Waals surface area contributed by atoms with Crippen LogP contribution in [-0.4, -0.2) is 38.9 Å². The summed E-state index contributed by atoms with van der Waals surface area (Å²) in [5.74, 6) is 0.133. The van der Waals surface area contributed by atoms with E-state index < -0.39 is 0 Å². The SMILES string of the molecule is CCC(CCO)CNC(=O)c1ncn(-c2ccccc2)n1. The highest BCUT2D eigenvalue weighted by Gasteiger charge is 2.14. The first-order valence-electron chi connectivity index (χ1n) is 7.10. The molecule has 0 aliphatic carbocycles. The van der Waals surface area contributed by atoms with Crippen molar-refractivity contribution in [3.05, 3.63) is 42.5 Å². The van der Waals surface area contributed by atoms with Crippen LogP contribution in [0.1, 0.15) is 30.4 Å². The molecule has 1 aromatic carbocycles. The van der Waals surface area contributed by atoms with Crippen molar-refractivity contribution in [2.75, 3.05) is 13.2 Å². The Morgan fingerprint density at radius 3 is 2.81 bits per heavy atom. The number of benzene rings is 1. The highest BCUT2D eigenvalue weighted by molar-refractivity contribution is 5.90. The van der Waals surface area contributed by atoms with Gasteiger partial charge in [-0.05, 0) is 24.5 Å². The molecule has 21 heavy (non-hydrogen) atoms. The molecule has 1 atom stereocenters. The average molecular weight is 288 g/mol. The van der Waals surface area contributed by atoms with Crippen molar-refractivity contribution in [3.8, 4) is 5.69 Å². The van der Waals surface area contributed by atoms with Crippen molar-refractivity contribution < 1.29 is 9.90 Å². The molecule has 0 radical (unpaired) electrons. The van der Waals surface area contributed by atoms with Crippen LogP contribution in [0.5, 0.6) is 0 Å². The third-order valence-corrected chi connectivity index (χ3v) is 3.38. The smallest absolute Gasteiger partial charge is 0.290 e. The number of aliphatic hydroxyl groups is 1.